The van der Waals surface area contributed by atoms with Crippen LogP contribution in [0.1, 0.15) is 40.0 Å². The number of rotatable bonds is 7. The lowest BCUT2D eigenvalue weighted by molar-refractivity contribution is 0.107. The average Bonchev–Trinajstić information content (AvgIpc) is 2.76. The highest BCUT2D eigenvalue weighted by atomic mass is 16.5. The molecule has 0 saturated carbocycles. The number of methoxy groups -OCH3 is 1. The Balaban J connectivity index is 2.26. The molecule has 0 aromatic heterocycles. The first-order chi connectivity index (χ1) is 8.49. The highest BCUT2D eigenvalue weighted by molar-refractivity contribution is 5.04. The van der Waals surface area contributed by atoms with Crippen LogP contribution in [0.2, 0.25) is 0 Å². The third-order valence-corrected chi connectivity index (χ3v) is 3.57. The molecule has 0 aliphatic carbocycles. The predicted octanol–water partition coefficient (Wildman–Crippen LogP) is 1.77. The minimum Gasteiger partial charge on any atom is -0.380 e. The van der Waals surface area contributed by atoms with E-state index in [2.05, 4.69) is 30.1 Å². The molecule has 1 saturated heterocycles. The molecule has 1 heterocycles. The molecule has 0 amide bonds. The summed E-state index contributed by atoms with van der Waals surface area (Å²) in [6, 6.07) is 2.75. The van der Waals surface area contributed by atoms with E-state index in [0.717, 1.165) is 38.9 Å². The largest absolute Gasteiger partial charge is 0.380 e. The maximum Gasteiger partial charge on any atom is 0.104 e. The van der Waals surface area contributed by atoms with Crippen LogP contribution in [0.15, 0.2) is 0 Å². The van der Waals surface area contributed by atoms with Gasteiger partial charge in [0.2, 0.25) is 0 Å². The van der Waals surface area contributed by atoms with Crippen molar-refractivity contribution in [3.8, 4) is 6.07 Å². The molecule has 0 spiro atoms. The van der Waals surface area contributed by atoms with Gasteiger partial charge in [-0.1, -0.05) is 0 Å². The fraction of sp³-hybridized carbons (Fsp3) is 0.929. The molecule has 1 rings (SSSR count). The Morgan fingerprint density at radius 3 is 2.78 bits per heavy atom. The summed E-state index contributed by atoms with van der Waals surface area (Å²) < 4.78 is 5.36. The summed E-state index contributed by atoms with van der Waals surface area (Å²) in [5, 5.41) is 12.6. The molecular formula is C14H27N3O. The molecule has 2 atom stereocenters. The van der Waals surface area contributed by atoms with Crippen molar-refractivity contribution in [3.05, 3.63) is 0 Å². The molecule has 0 radical (unpaired) electrons. The summed E-state index contributed by atoms with van der Waals surface area (Å²) in [7, 11) is 1.79. The van der Waals surface area contributed by atoms with Gasteiger partial charge in [0.05, 0.1) is 12.2 Å². The minimum atomic E-state index is -0.394. The van der Waals surface area contributed by atoms with Crippen molar-refractivity contribution >= 4 is 0 Å². The first-order valence-corrected chi connectivity index (χ1v) is 6.93. The molecule has 1 aliphatic rings. The van der Waals surface area contributed by atoms with Gasteiger partial charge in [0.15, 0.2) is 0 Å². The normalized spacial score (nSPS) is 24.1. The first kappa shape index (κ1) is 15.4. The average molecular weight is 253 g/mol. The van der Waals surface area contributed by atoms with Gasteiger partial charge < -0.3 is 9.64 Å². The Hall–Kier alpha value is -0.630. The quantitative estimate of drug-likeness (QED) is 0.751. The van der Waals surface area contributed by atoms with Gasteiger partial charge in [0, 0.05) is 26.2 Å². The summed E-state index contributed by atoms with van der Waals surface area (Å²) >= 11 is 0. The monoisotopic (exact) mass is 253 g/mol. The fourth-order valence-corrected chi connectivity index (χ4v) is 2.65. The van der Waals surface area contributed by atoms with Gasteiger partial charge in [0.1, 0.15) is 5.54 Å². The Kier molecular flexibility index (Phi) is 6.07. The third kappa shape index (κ3) is 4.93. The smallest absolute Gasteiger partial charge is 0.104 e. The summed E-state index contributed by atoms with van der Waals surface area (Å²) in [5.74, 6) is 0. The standard InChI is InChI=1S/C14H27N3O/c1-12(2)16-14(3,11-15)7-5-8-17-9-6-13(10-17)18-4/h12-13,16H,5-10H2,1-4H3. The topological polar surface area (TPSA) is 48.3 Å². The van der Waals surface area contributed by atoms with Crippen LogP contribution in [0.4, 0.5) is 0 Å². The first-order valence-electron chi connectivity index (χ1n) is 6.93. The van der Waals surface area contributed by atoms with E-state index < -0.39 is 5.54 Å². The number of likely N-dealkylation sites (tertiary alicyclic amines) is 1. The van der Waals surface area contributed by atoms with Crippen molar-refractivity contribution in [3.63, 3.8) is 0 Å². The van der Waals surface area contributed by atoms with E-state index in [4.69, 9.17) is 4.74 Å². The molecule has 2 unspecified atom stereocenters. The predicted molar refractivity (Wildman–Crippen MR) is 73.4 cm³/mol. The molecule has 0 bridgehead atoms. The van der Waals surface area contributed by atoms with Gasteiger partial charge >= 0.3 is 0 Å². The van der Waals surface area contributed by atoms with Crippen LogP contribution >= 0.6 is 0 Å². The maximum atomic E-state index is 9.26. The van der Waals surface area contributed by atoms with E-state index in [0.29, 0.717) is 12.1 Å². The van der Waals surface area contributed by atoms with Crippen molar-refractivity contribution in [1.82, 2.24) is 10.2 Å². The second-order valence-electron chi connectivity index (χ2n) is 5.79. The molecule has 1 N–H and O–H groups in total. The summed E-state index contributed by atoms with van der Waals surface area (Å²) in [6.45, 7) is 9.39. The van der Waals surface area contributed by atoms with E-state index in [1.807, 2.05) is 6.92 Å². The van der Waals surface area contributed by atoms with Crippen molar-refractivity contribution < 1.29 is 4.74 Å². The highest BCUT2D eigenvalue weighted by Crippen LogP contribution is 2.16. The number of nitriles is 1. The molecule has 0 aromatic rings. The van der Waals surface area contributed by atoms with E-state index in [1.54, 1.807) is 7.11 Å². The van der Waals surface area contributed by atoms with Gasteiger partial charge in [-0.3, -0.25) is 5.32 Å². The van der Waals surface area contributed by atoms with Crippen molar-refractivity contribution in [2.75, 3.05) is 26.7 Å². The molecule has 1 fully saturated rings. The van der Waals surface area contributed by atoms with Crippen LogP contribution in [0.5, 0.6) is 0 Å². The summed E-state index contributed by atoms with van der Waals surface area (Å²) in [4.78, 5) is 2.43. The molecule has 0 aromatic carbocycles. The SMILES string of the molecule is COC1CCN(CCCC(C)(C#N)NC(C)C)C1. The minimum absolute atomic E-state index is 0.347. The van der Waals surface area contributed by atoms with Crippen molar-refractivity contribution in [1.29, 1.82) is 5.26 Å². The Morgan fingerprint density at radius 1 is 1.56 bits per heavy atom. The molecule has 1 aliphatic heterocycles. The van der Waals surface area contributed by atoms with Crippen LogP contribution in [-0.4, -0.2) is 49.3 Å². The van der Waals surface area contributed by atoms with E-state index in [-0.39, 0.29) is 0 Å². The Morgan fingerprint density at radius 2 is 2.28 bits per heavy atom. The van der Waals surface area contributed by atoms with E-state index in [1.165, 1.54) is 0 Å². The molecular weight excluding hydrogens is 226 g/mol. The summed E-state index contributed by atoms with van der Waals surface area (Å²) in [6.07, 6.45) is 3.49. The molecule has 4 nitrogen and oxygen atoms in total. The van der Waals surface area contributed by atoms with E-state index in [9.17, 15) is 5.26 Å². The van der Waals surface area contributed by atoms with Gasteiger partial charge in [-0.25, -0.2) is 0 Å². The van der Waals surface area contributed by atoms with Gasteiger partial charge in [-0.15, -0.1) is 0 Å². The molecule has 18 heavy (non-hydrogen) atoms. The number of nitrogens with one attached hydrogen (secondary N) is 1. The number of ether oxygens (including phenoxy) is 1. The fourth-order valence-electron chi connectivity index (χ4n) is 2.65. The third-order valence-electron chi connectivity index (χ3n) is 3.57. The number of hydrogen-bond donors (Lipinski definition) is 1. The van der Waals surface area contributed by atoms with Gasteiger partial charge in [-0.05, 0) is 46.6 Å². The van der Waals surface area contributed by atoms with Crippen LogP contribution in [0.25, 0.3) is 0 Å². The molecule has 104 valence electrons. The number of nitrogens with zero attached hydrogens (tertiary/aromatic N) is 2. The van der Waals surface area contributed by atoms with Crippen LogP contribution in [0.3, 0.4) is 0 Å². The van der Waals surface area contributed by atoms with Gasteiger partial charge in [-0.2, -0.15) is 5.26 Å². The zero-order chi connectivity index (χ0) is 13.6. The lowest BCUT2D eigenvalue weighted by Crippen LogP contribution is -2.45. The van der Waals surface area contributed by atoms with Crippen LogP contribution < -0.4 is 5.32 Å². The van der Waals surface area contributed by atoms with Crippen molar-refractivity contribution in [2.24, 2.45) is 0 Å². The second kappa shape index (κ2) is 7.08. The zero-order valence-corrected chi connectivity index (χ0v) is 12.2. The van der Waals surface area contributed by atoms with Gasteiger partial charge in [0.25, 0.3) is 0 Å². The second-order valence-corrected chi connectivity index (χ2v) is 5.79. The zero-order valence-electron chi connectivity index (χ0n) is 12.2. The van der Waals surface area contributed by atoms with Crippen LogP contribution in [-0.2, 0) is 4.74 Å². The lowest BCUT2D eigenvalue weighted by Gasteiger charge is -2.26. The summed E-state index contributed by atoms with van der Waals surface area (Å²) in [5.41, 5.74) is -0.394. The highest BCUT2D eigenvalue weighted by Gasteiger charge is 2.26. The van der Waals surface area contributed by atoms with Crippen molar-refractivity contribution in [2.45, 2.75) is 57.7 Å². The van der Waals surface area contributed by atoms with Crippen LogP contribution in [0, 0.1) is 11.3 Å². The number of hydrogen-bond acceptors (Lipinski definition) is 4. The lowest BCUT2D eigenvalue weighted by atomic mass is 9.96. The maximum absolute atomic E-state index is 9.26. The Bertz CT molecular complexity index is 287. The Labute approximate surface area is 111 Å². The van der Waals surface area contributed by atoms with E-state index >= 15 is 0 Å². The molecule has 4 heteroatoms.